The maximum Gasteiger partial charge on any atom is 0.309 e. The number of rotatable bonds is 7. The summed E-state index contributed by atoms with van der Waals surface area (Å²) in [5.74, 6) is -0.00282. The van der Waals surface area contributed by atoms with Gasteiger partial charge in [-0.15, -0.1) is 10.2 Å². The molecule has 0 atom stereocenters. The lowest BCUT2D eigenvalue weighted by atomic mass is 10.1. The van der Waals surface area contributed by atoms with E-state index in [2.05, 4.69) is 27.2 Å². The van der Waals surface area contributed by atoms with Crippen molar-refractivity contribution < 1.29 is 18.7 Å². The Kier molecular flexibility index (Phi) is 6.46. The average molecular weight is 488 g/mol. The molecule has 1 saturated carbocycles. The molecule has 0 N–H and O–H groups in total. The van der Waals surface area contributed by atoms with Crippen LogP contribution in [0.25, 0.3) is 10.6 Å². The van der Waals surface area contributed by atoms with Crippen LogP contribution in [0.5, 0.6) is 5.75 Å². The number of carbonyl (C=O) groups excluding carboxylic acids is 1. The van der Waals surface area contributed by atoms with E-state index in [1.54, 1.807) is 0 Å². The molecule has 1 aliphatic heterocycles. The molecule has 0 bridgehead atoms. The molecule has 33 heavy (non-hydrogen) atoms. The van der Waals surface area contributed by atoms with Gasteiger partial charge in [0.15, 0.2) is 5.01 Å². The number of anilines is 1. The van der Waals surface area contributed by atoms with Crippen LogP contribution in [0.1, 0.15) is 30.7 Å². The van der Waals surface area contributed by atoms with E-state index in [-0.39, 0.29) is 30.4 Å². The van der Waals surface area contributed by atoms with E-state index < -0.39 is 0 Å². The topological polar surface area (TPSA) is 64.5 Å². The highest BCUT2D eigenvalue weighted by Crippen LogP contribution is 2.32. The number of piperidine rings is 1. The van der Waals surface area contributed by atoms with Crippen LogP contribution in [0.2, 0.25) is 5.02 Å². The number of esters is 1. The molecule has 6 nitrogen and oxygen atoms in total. The van der Waals surface area contributed by atoms with Gasteiger partial charge >= 0.3 is 5.97 Å². The summed E-state index contributed by atoms with van der Waals surface area (Å²) in [6.45, 7) is 1.86. The summed E-state index contributed by atoms with van der Waals surface area (Å²) in [4.78, 5) is 14.0. The largest absolute Gasteiger partial charge is 0.489 e. The number of carbonyl (C=O) groups is 1. The van der Waals surface area contributed by atoms with Gasteiger partial charge in [0.2, 0.25) is 0 Å². The van der Waals surface area contributed by atoms with Gasteiger partial charge in [-0.3, -0.25) is 4.79 Å². The van der Waals surface area contributed by atoms with Gasteiger partial charge < -0.3 is 14.4 Å². The van der Waals surface area contributed by atoms with Crippen LogP contribution in [0.3, 0.4) is 0 Å². The number of nitrogens with zero attached hydrogens (tertiary/aromatic N) is 3. The van der Waals surface area contributed by atoms with Crippen LogP contribution in [0, 0.1) is 11.7 Å². The molecule has 0 spiro atoms. The third-order valence-corrected chi connectivity index (χ3v) is 7.08. The summed E-state index contributed by atoms with van der Waals surface area (Å²) in [6.07, 6.45) is 3.52. The maximum absolute atomic E-state index is 13.5. The van der Waals surface area contributed by atoms with Crippen LogP contribution in [-0.2, 0) is 16.1 Å². The Morgan fingerprint density at radius 1 is 1.09 bits per heavy atom. The number of hydrogen-bond acceptors (Lipinski definition) is 7. The molecule has 0 amide bonds. The lowest BCUT2D eigenvalue weighted by Gasteiger charge is -2.34. The molecule has 9 heteroatoms. The molecule has 1 aliphatic carbocycles. The maximum atomic E-state index is 13.5. The van der Waals surface area contributed by atoms with E-state index in [4.69, 9.17) is 21.1 Å². The third kappa shape index (κ3) is 5.45. The first-order chi connectivity index (χ1) is 16.0. The van der Waals surface area contributed by atoms with E-state index in [1.807, 2.05) is 12.1 Å². The fourth-order valence-electron chi connectivity index (χ4n) is 3.79. The Balaban J connectivity index is 1.14. The summed E-state index contributed by atoms with van der Waals surface area (Å²) >= 11 is 7.56. The molecule has 0 unspecified atom stereocenters. The van der Waals surface area contributed by atoms with Crippen molar-refractivity contribution in [3.63, 3.8) is 0 Å². The Morgan fingerprint density at radius 3 is 2.58 bits per heavy atom. The molecular weight excluding hydrogens is 465 g/mol. The van der Waals surface area contributed by atoms with E-state index in [0.29, 0.717) is 15.8 Å². The fourth-order valence-corrected chi connectivity index (χ4v) is 4.71. The summed E-state index contributed by atoms with van der Waals surface area (Å²) in [6, 6.07) is 12.4. The Hall–Kier alpha value is -2.71. The minimum atomic E-state index is -0.353. The molecule has 2 fully saturated rings. The second kappa shape index (κ2) is 9.65. The minimum absolute atomic E-state index is 0.00801. The van der Waals surface area contributed by atoms with Crippen LogP contribution in [-0.4, -0.2) is 35.4 Å². The van der Waals surface area contributed by atoms with E-state index >= 15 is 0 Å². The monoisotopic (exact) mass is 487 g/mol. The molecule has 1 saturated heterocycles. The normalized spacial score (nSPS) is 16.6. The molecule has 1 aromatic heterocycles. The quantitative estimate of drug-likeness (QED) is 0.410. The van der Waals surface area contributed by atoms with Crippen molar-refractivity contribution in [1.82, 2.24) is 10.2 Å². The van der Waals surface area contributed by atoms with Crippen molar-refractivity contribution in [3.05, 3.63) is 58.3 Å². The summed E-state index contributed by atoms with van der Waals surface area (Å²) in [5.41, 5.74) is 2.11. The van der Waals surface area contributed by atoms with Crippen molar-refractivity contribution in [3.8, 4) is 16.3 Å². The van der Waals surface area contributed by atoms with Gasteiger partial charge in [0.1, 0.15) is 29.3 Å². The highest BCUT2D eigenvalue weighted by molar-refractivity contribution is 7.14. The first-order valence-corrected chi connectivity index (χ1v) is 12.2. The smallest absolute Gasteiger partial charge is 0.309 e. The number of benzene rings is 2. The Morgan fingerprint density at radius 2 is 1.85 bits per heavy atom. The summed E-state index contributed by atoms with van der Waals surface area (Å²) in [5, 5.41) is 10.3. The number of ether oxygens (including phenoxy) is 2. The first-order valence-electron chi connectivity index (χ1n) is 11.0. The molecule has 3 aromatic rings. The number of halogens is 2. The van der Waals surface area contributed by atoms with Crippen LogP contribution in [0.4, 0.5) is 10.1 Å². The van der Waals surface area contributed by atoms with Crippen LogP contribution < -0.4 is 9.64 Å². The van der Waals surface area contributed by atoms with Gasteiger partial charge in [0, 0.05) is 43.2 Å². The third-order valence-electron chi connectivity index (χ3n) is 5.82. The van der Waals surface area contributed by atoms with E-state index in [9.17, 15) is 9.18 Å². The summed E-state index contributed by atoms with van der Waals surface area (Å²) in [7, 11) is 0. The van der Waals surface area contributed by atoms with Gasteiger partial charge in [-0.25, -0.2) is 4.39 Å². The van der Waals surface area contributed by atoms with Crippen molar-refractivity contribution in [2.24, 2.45) is 5.92 Å². The second-order valence-corrected chi connectivity index (χ2v) is 9.78. The van der Waals surface area contributed by atoms with E-state index in [1.165, 1.54) is 29.5 Å². The Bertz CT molecular complexity index is 1130. The zero-order valence-electron chi connectivity index (χ0n) is 17.9. The molecule has 2 heterocycles. The van der Waals surface area contributed by atoms with Gasteiger partial charge in [0.05, 0.1) is 10.9 Å². The Labute approximate surface area is 200 Å². The van der Waals surface area contributed by atoms with Gasteiger partial charge in [-0.1, -0.05) is 22.9 Å². The number of aromatic nitrogens is 2. The van der Waals surface area contributed by atoms with Gasteiger partial charge in [-0.2, -0.15) is 0 Å². The fraction of sp³-hybridized carbons (Fsp3) is 0.375. The predicted molar refractivity (Wildman–Crippen MR) is 125 cm³/mol. The standard InChI is InChI=1S/C24H23ClFN3O3S/c25-20-8-5-17(26)13-21(20)32-19-9-11-29(12-10-19)18-6-3-15(4-7-18)23-28-27-22(33-23)14-31-24(30)16-1-2-16/h3-8,13,16,19H,1-2,9-12,14H2. The summed E-state index contributed by atoms with van der Waals surface area (Å²) < 4.78 is 24.7. The molecular formula is C24H23ClFN3O3S. The lowest BCUT2D eigenvalue weighted by molar-refractivity contribution is -0.146. The predicted octanol–water partition coefficient (Wildman–Crippen LogP) is 5.50. The molecule has 2 aromatic carbocycles. The lowest BCUT2D eigenvalue weighted by Crippen LogP contribution is -2.38. The van der Waals surface area contributed by atoms with Gasteiger partial charge in [-0.05, 0) is 49.2 Å². The van der Waals surface area contributed by atoms with Gasteiger partial charge in [0.25, 0.3) is 0 Å². The highest BCUT2D eigenvalue weighted by Gasteiger charge is 2.31. The average Bonchev–Trinajstić information content (AvgIpc) is 3.58. The van der Waals surface area contributed by atoms with Crippen molar-refractivity contribution >= 4 is 34.6 Å². The second-order valence-electron chi connectivity index (χ2n) is 8.31. The highest BCUT2D eigenvalue weighted by atomic mass is 35.5. The van der Waals surface area contributed by atoms with E-state index in [0.717, 1.165) is 55.0 Å². The SMILES string of the molecule is O=C(OCc1nnc(-c2ccc(N3CCC(Oc4cc(F)ccc4Cl)CC3)cc2)s1)C1CC1. The zero-order chi connectivity index (χ0) is 22.8. The molecule has 2 aliphatic rings. The van der Waals surface area contributed by atoms with Crippen LogP contribution in [0.15, 0.2) is 42.5 Å². The first kappa shape index (κ1) is 22.1. The minimum Gasteiger partial charge on any atom is -0.489 e. The molecule has 172 valence electrons. The van der Waals surface area contributed by atoms with Crippen molar-refractivity contribution in [2.45, 2.75) is 38.4 Å². The van der Waals surface area contributed by atoms with Crippen molar-refractivity contribution in [2.75, 3.05) is 18.0 Å². The number of hydrogen-bond donors (Lipinski definition) is 0. The molecule has 5 rings (SSSR count). The zero-order valence-corrected chi connectivity index (χ0v) is 19.4. The van der Waals surface area contributed by atoms with Crippen molar-refractivity contribution in [1.29, 1.82) is 0 Å². The van der Waals surface area contributed by atoms with Crippen LogP contribution >= 0.6 is 22.9 Å². The molecule has 0 radical (unpaired) electrons.